The number of anilines is 1. The normalized spacial score (nSPS) is 17.8. The number of nitrogens with zero attached hydrogens (tertiary/aromatic N) is 2. The predicted octanol–water partition coefficient (Wildman–Crippen LogP) is 3.32. The first-order valence-corrected chi connectivity index (χ1v) is 15.3. The van der Waals surface area contributed by atoms with Crippen molar-refractivity contribution in [3.63, 3.8) is 0 Å². The molecule has 0 spiro atoms. The standard InChI is InChI=1S/C32H38FN5O4.C2HF3O2/c1-21(2)35-31(41)24-8-12-26(13-9-24)36-32(42)37(29(30(34)40)18-22-6-14-28(39)15-7-22)27-16-17-38(3,20-27)19-23-4-10-25(33)11-5-23;3-2(4,5)1(6)7/h4-15,21,27,29H,16-20H2,1-3H3,(H4-,34,35,36,39,40,41,42);(H,6,7)/t27-,29+,38?;/m1./s1. The first-order valence-electron chi connectivity index (χ1n) is 15.3. The van der Waals surface area contributed by atoms with Crippen LogP contribution in [0.1, 0.15) is 41.8 Å². The molecule has 0 bridgehead atoms. The maximum Gasteiger partial charge on any atom is 0.430 e. The minimum atomic E-state index is -5.19. The molecule has 3 aromatic rings. The smallest absolute Gasteiger partial charge is 0.430 e. The summed E-state index contributed by atoms with van der Waals surface area (Å²) in [6.45, 7) is 5.71. The zero-order chi connectivity index (χ0) is 36.5. The lowest BCUT2D eigenvalue weighted by Gasteiger charge is -2.36. The van der Waals surface area contributed by atoms with E-state index in [0.29, 0.717) is 35.2 Å². The van der Waals surface area contributed by atoms with Gasteiger partial charge >= 0.3 is 12.2 Å². The van der Waals surface area contributed by atoms with Crippen LogP contribution in [-0.2, 0) is 22.6 Å². The fraction of sp³-hybridized carbons (Fsp3) is 0.353. The summed E-state index contributed by atoms with van der Waals surface area (Å²) in [6.07, 6.45) is -4.38. The Morgan fingerprint density at radius 2 is 1.53 bits per heavy atom. The number of carboxylic acids is 1. The Labute approximate surface area is 280 Å². The van der Waals surface area contributed by atoms with E-state index in [4.69, 9.17) is 15.6 Å². The van der Waals surface area contributed by atoms with E-state index >= 15 is 0 Å². The highest BCUT2D eigenvalue weighted by atomic mass is 19.4. The van der Waals surface area contributed by atoms with Crippen molar-refractivity contribution in [2.75, 3.05) is 25.5 Å². The molecule has 0 saturated carbocycles. The second-order valence-corrected chi connectivity index (χ2v) is 12.4. The van der Waals surface area contributed by atoms with Crippen LogP contribution in [0.15, 0.2) is 72.8 Å². The number of halogens is 4. The first-order chi connectivity index (χ1) is 22.9. The number of hydrogen-bond donors (Lipinski definition) is 4. The van der Waals surface area contributed by atoms with E-state index < -0.39 is 30.1 Å². The number of benzene rings is 3. The number of likely N-dealkylation sites (N-methyl/N-ethyl adjacent to an activating group) is 1. The molecule has 3 atom stereocenters. The van der Waals surface area contributed by atoms with Crippen LogP contribution in [-0.4, -0.2) is 82.7 Å². The summed E-state index contributed by atoms with van der Waals surface area (Å²) in [4.78, 5) is 49.5. The number of aromatic hydroxyl groups is 1. The SMILES string of the molecule is CC(C)NC(=O)c1ccc(NC(=O)N([C@@H]2CC[N+](C)(Cc3ccc(F)cc3)C2)[C@@H](Cc2ccc(O)cc2)C(N)=O)cc1.O=C([O-])C(F)(F)F. The van der Waals surface area contributed by atoms with Crippen LogP contribution >= 0.6 is 0 Å². The molecule has 49 heavy (non-hydrogen) atoms. The number of rotatable bonds is 10. The molecule has 3 aromatic carbocycles. The number of aliphatic carboxylic acids is 1. The van der Waals surface area contributed by atoms with E-state index in [9.17, 15) is 37.1 Å². The summed E-state index contributed by atoms with van der Waals surface area (Å²) in [5.74, 6) is -4.06. The number of carbonyl (C=O) groups is 4. The van der Waals surface area contributed by atoms with E-state index in [1.54, 1.807) is 53.4 Å². The van der Waals surface area contributed by atoms with Crippen LogP contribution in [0.25, 0.3) is 0 Å². The van der Waals surface area contributed by atoms with Gasteiger partial charge in [-0.25, -0.2) is 9.18 Å². The van der Waals surface area contributed by atoms with Crippen LogP contribution in [0.5, 0.6) is 5.75 Å². The van der Waals surface area contributed by atoms with Gasteiger partial charge in [0.25, 0.3) is 5.91 Å². The third-order valence-corrected chi connectivity index (χ3v) is 7.84. The molecule has 0 aromatic heterocycles. The number of carbonyl (C=O) groups excluding carboxylic acids is 4. The van der Waals surface area contributed by atoms with Gasteiger partial charge < -0.3 is 40.8 Å². The average Bonchev–Trinajstić information content (AvgIpc) is 3.39. The van der Waals surface area contributed by atoms with Gasteiger partial charge in [0.2, 0.25) is 5.91 Å². The largest absolute Gasteiger partial charge is 0.542 e. The average molecular weight is 690 g/mol. The summed E-state index contributed by atoms with van der Waals surface area (Å²) in [6, 6.07) is 17.7. The van der Waals surface area contributed by atoms with E-state index in [1.165, 1.54) is 24.3 Å². The molecule has 11 nitrogen and oxygen atoms in total. The van der Waals surface area contributed by atoms with Crippen molar-refractivity contribution in [3.05, 3.63) is 95.3 Å². The number of hydrogen-bond acceptors (Lipinski definition) is 6. The fourth-order valence-corrected chi connectivity index (χ4v) is 5.54. The lowest BCUT2D eigenvalue weighted by atomic mass is 10.0. The third kappa shape index (κ3) is 11.5. The summed E-state index contributed by atoms with van der Waals surface area (Å²) in [7, 11) is 2.08. The summed E-state index contributed by atoms with van der Waals surface area (Å²) in [5, 5.41) is 24.2. The summed E-state index contributed by atoms with van der Waals surface area (Å²) < 4.78 is 45.6. The van der Waals surface area contributed by atoms with Crippen molar-refractivity contribution < 1.29 is 51.4 Å². The third-order valence-electron chi connectivity index (χ3n) is 7.84. The van der Waals surface area contributed by atoms with Gasteiger partial charge in [0, 0.05) is 35.7 Å². The van der Waals surface area contributed by atoms with E-state index in [0.717, 1.165) is 17.7 Å². The highest BCUT2D eigenvalue weighted by molar-refractivity contribution is 5.96. The van der Waals surface area contributed by atoms with Crippen LogP contribution < -0.4 is 21.5 Å². The Bertz CT molecular complexity index is 1600. The molecule has 5 N–H and O–H groups in total. The molecule has 4 amide bonds. The first kappa shape index (κ1) is 38.3. The molecule has 1 fully saturated rings. The molecule has 0 aliphatic carbocycles. The van der Waals surface area contributed by atoms with Gasteiger partial charge in [0.05, 0.1) is 26.2 Å². The Kier molecular flexibility index (Phi) is 12.7. The lowest BCUT2D eigenvalue weighted by Crippen LogP contribution is -2.56. The van der Waals surface area contributed by atoms with Gasteiger partial charge in [-0.2, -0.15) is 13.2 Å². The number of nitrogens with two attached hydrogens (primary N) is 1. The zero-order valence-electron chi connectivity index (χ0n) is 27.2. The van der Waals surface area contributed by atoms with Gasteiger partial charge in [-0.15, -0.1) is 0 Å². The maximum atomic E-state index is 13.9. The van der Waals surface area contributed by atoms with Crippen LogP contribution in [0.4, 0.5) is 28.0 Å². The van der Waals surface area contributed by atoms with E-state index in [-0.39, 0.29) is 36.0 Å². The quantitative estimate of drug-likeness (QED) is 0.189. The number of urea groups is 1. The number of primary amides is 1. The van der Waals surface area contributed by atoms with Crippen molar-refractivity contribution in [3.8, 4) is 5.75 Å². The highest BCUT2D eigenvalue weighted by Crippen LogP contribution is 2.28. The number of phenols is 1. The number of quaternary nitrogens is 1. The molecule has 1 aliphatic heterocycles. The molecule has 1 unspecified atom stereocenters. The topological polar surface area (TPSA) is 165 Å². The molecule has 1 aliphatic rings. The molecule has 264 valence electrons. The predicted molar refractivity (Wildman–Crippen MR) is 170 cm³/mol. The maximum absolute atomic E-state index is 13.9. The minimum Gasteiger partial charge on any atom is -0.542 e. The number of likely N-dealkylation sites (tertiary alicyclic amines) is 1. The van der Waals surface area contributed by atoms with Crippen molar-refractivity contribution in [1.82, 2.24) is 10.2 Å². The fourth-order valence-electron chi connectivity index (χ4n) is 5.54. The molecule has 0 radical (unpaired) electrons. The number of carboxylic acid groups (broad SMARTS) is 1. The van der Waals surface area contributed by atoms with Crippen LogP contribution in [0.2, 0.25) is 0 Å². The summed E-state index contributed by atoms with van der Waals surface area (Å²) in [5.41, 5.74) is 8.58. The van der Waals surface area contributed by atoms with Gasteiger partial charge in [-0.05, 0) is 67.9 Å². The minimum absolute atomic E-state index is 0.0108. The molecule has 15 heteroatoms. The number of amides is 4. The highest BCUT2D eigenvalue weighted by Gasteiger charge is 2.43. The molecular formula is C34H39F4N5O6. The molecule has 1 heterocycles. The lowest BCUT2D eigenvalue weighted by molar-refractivity contribution is -0.911. The van der Waals surface area contributed by atoms with E-state index in [1.807, 2.05) is 13.8 Å². The molecule has 4 rings (SSSR count). The second-order valence-electron chi connectivity index (χ2n) is 12.4. The monoisotopic (exact) mass is 689 g/mol. The second kappa shape index (κ2) is 16.3. The number of nitrogens with one attached hydrogen (secondary N) is 2. The molecular weight excluding hydrogens is 650 g/mol. The number of alkyl halides is 3. The van der Waals surface area contributed by atoms with Gasteiger partial charge in [-0.3, -0.25) is 9.59 Å². The zero-order valence-corrected chi connectivity index (χ0v) is 27.2. The van der Waals surface area contributed by atoms with Crippen molar-refractivity contribution in [1.29, 1.82) is 0 Å². The van der Waals surface area contributed by atoms with E-state index in [2.05, 4.69) is 17.7 Å². The van der Waals surface area contributed by atoms with Gasteiger partial charge in [-0.1, -0.05) is 24.3 Å². The number of phenolic OH excluding ortho intramolecular Hbond substituents is 1. The Balaban J connectivity index is 0.000000838. The van der Waals surface area contributed by atoms with Gasteiger partial charge in [0.1, 0.15) is 30.1 Å². The van der Waals surface area contributed by atoms with Gasteiger partial charge in [0.15, 0.2) is 0 Å². The Morgan fingerprint density at radius 3 is 2.04 bits per heavy atom. The summed E-state index contributed by atoms with van der Waals surface area (Å²) >= 11 is 0. The van der Waals surface area contributed by atoms with Crippen molar-refractivity contribution in [2.45, 2.75) is 57.5 Å². The van der Waals surface area contributed by atoms with Crippen molar-refractivity contribution in [2.24, 2.45) is 5.73 Å². The Morgan fingerprint density at radius 1 is 0.980 bits per heavy atom. The Hall–Kier alpha value is -5.18. The molecule has 1 saturated heterocycles. The van der Waals surface area contributed by atoms with Crippen LogP contribution in [0, 0.1) is 5.82 Å². The van der Waals surface area contributed by atoms with Crippen LogP contribution in [0.3, 0.4) is 0 Å². The van der Waals surface area contributed by atoms with Crippen molar-refractivity contribution >= 4 is 29.5 Å².